The summed E-state index contributed by atoms with van der Waals surface area (Å²) < 4.78 is 7.19. The van der Waals surface area contributed by atoms with Crippen molar-refractivity contribution in [3.8, 4) is 0 Å². The summed E-state index contributed by atoms with van der Waals surface area (Å²) in [6.45, 7) is 2.87. The molecule has 1 saturated carbocycles. The normalized spacial score (nSPS) is 19.2. The summed E-state index contributed by atoms with van der Waals surface area (Å²) >= 11 is 0. The Hall–Kier alpha value is -3.13. The second-order valence-electron chi connectivity index (χ2n) is 9.17. The lowest BCUT2D eigenvalue weighted by Gasteiger charge is -2.31. The van der Waals surface area contributed by atoms with Gasteiger partial charge in [-0.05, 0) is 31.4 Å². The van der Waals surface area contributed by atoms with Crippen LogP contribution in [0.2, 0.25) is 0 Å². The average molecular weight is 434 g/mol. The number of amides is 2. The zero-order valence-corrected chi connectivity index (χ0v) is 18.3. The van der Waals surface area contributed by atoms with Crippen molar-refractivity contribution in [2.24, 2.45) is 0 Å². The number of para-hydroxylation sites is 1. The first kappa shape index (κ1) is 19.5. The number of rotatable bonds is 4. The number of aromatic nitrogens is 3. The summed E-state index contributed by atoms with van der Waals surface area (Å²) in [7, 11) is 1.67. The Kier molecular flexibility index (Phi) is 4.40. The molecule has 4 heterocycles. The lowest BCUT2D eigenvalue weighted by molar-refractivity contribution is 0.0561. The van der Waals surface area contributed by atoms with E-state index in [1.54, 1.807) is 7.11 Å². The second kappa shape index (κ2) is 7.20. The van der Waals surface area contributed by atoms with Crippen molar-refractivity contribution in [2.75, 3.05) is 26.8 Å². The third-order valence-corrected chi connectivity index (χ3v) is 7.30. The molecule has 2 aromatic heterocycles. The molecule has 0 unspecified atom stereocenters. The molecule has 0 saturated heterocycles. The molecule has 1 N–H and O–H groups in total. The number of nitrogens with zero attached hydrogens (tertiary/aromatic N) is 4. The Balaban J connectivity index is 1.31. The number of methoxy groups -OCH3 is 1. The van der Waals surface area contributed by atoms with Crippen molar-refractivity contribution >= 4 is 22.7 Å². The molecule has 3 aromatic rings. The van der Waals surface area contributed by atoms with E-state index >= 15 is 0 Å². The molecule has 0 bridgehead atoms. The third-order valence-electron chi connectivity index (χ3n) is 7.30. The third kappa shape index (κ3) is 2.97. The molecule has 0 radical (unpaired) electrons. The van der Waals surface area contributed by atoms with Crippen LogP contribution in [0.25, 0.3) is 10.9 Å². The van der Waals surface area contributed by atoms with Crippen LogP contribution in [-0.2, 0) is 24.2 Å². The predicted molar refractivity (Wildman–Crippen MR) is 118 cm³/mol. The Labute approximate surface area is 186 Å². The molecular formula is C24H27N5O3. The van der Waals surface area contributed by atoms with Gasteiger partial charge in [0.25, 0.3) is 11.8 Å². The average Bonchev–Trinajstić information content (AvgIpc) is 3.34. The zero-order chi connectivity index (χ0) is 21.9. The summed E-state index contributed by atoms with van der Waals surface area (Å²) in [5, 5.41) is 5.82. The van der Waals surface area contributed by atoms with E-state index in [4.69, 9.17) is 9.84 Å². The van der Waals surface area contributed by atoms with E-state index in [1.807, 2.05) is 44.8 Å². The largest absolute Gasteiger partial charge is 0.383 e. The maximum Gasteiger partial charge on any atom is 0.273 e. The molecule has 1 fully saturated rings. The molecule has 3 aliphatic rings. The Morgan fingerprint density at radius 3 is 2.84 bits per heavy atom. The molecule has 32 heavy (non-hydrogen) atoms. The van der Waals surface area contributed by atoms with E-state index in [0.29, 0.717) is 44.0 Å². The van der Waals surface area contributed by atoms with Gasteiger partial charge in [-0.25, -0.2) is 0 Å². The number of hydrogen-bond donors (Lipinski definition) is 1. The van der Waals surface area contributed by atoms with Crippen LogP contribution in [0, 0.1) is 0 Å². The minimum atomic E-state index is -0.0439. The topological polar surface area (TPSA) is 83.5 Å². The lowest BCUT2D eigenvalue weighted by Crippen LogP contribution is -2.44. The molecule has 0 atom stereocenters. The smallest absolute Gasteiger partial charge is 0.273 e. The van der Waals surface area contributed by atoms with Crippen LogP contribution in [0.1, 0.15) is 51.5 Å². The molecule has 1 aliphatic carbocycles. The number of aryl methyl sites for hydroxylation is 1. The summed E-state index contributed by atoms with van der Waals surface area (Å²) in [6, 6.07) is 9.79. The van der Waals surface area contributed by atoms with Crippen LogP contribution < -0.4 is 0 Å². The maximum atomic E-state index is 13.7. The molecule has 2 aliphatic heterocycles. The van der Waals surface area contributed by atoms with Gasteiger partial charge in [-0.15, -0.1) is 0 Å². The summed E-state index contributed by atoms with van der Waals surface area (Å²) in [5.74, 6) is -0.00603. The highest BCUT2D eigenvalue weighted by Crippen LogP contribution is 2.47. The van der Waals surface area contributed by atoms with Crippen LogP contribution in [0.3, 0.4) is 0 Å². The highest BCUT2D eigenvalue weighted by Gasteiger charge is 2.52. The van der Waals surface area contributed by atoms with Crippen molar-refractivity contribution in [1.82, 2.24) is 24.6 Å². The number of hydrogen-bond acceptors (Lipinski definition) is 4. The summed E-state index contributed by atoms with van der Waals surface area (Å²) in [4.78, 5) is 34.1. The van der Waals surface area contributed by atoms with Crippen molar-refractivity contribution in [1.29, 1.82) is 0 Å². The summed E-state index contributed by atoms with van der Waals surface area (Å²) in [5.41, 5.74) is 4.01. The van der Waals surface area contributed by atoms with Crippen molar-refractivity contribution < 1.29 is 14.3 Å². The number of carbonyl (C=O) groups excluding carboxylic acids is 2. The van der Waals surface area contributed by atoms with E-state index in [9.17, 15) is 9.59 Å². The Morgan fingerprint density at radius 1 is 1.22 bits per heavy atom. The van der Waals surface area contributed by atoms with Crippen molar-refractivity contribution in [3.63, 3.8) is 0 Å². The van der Waals surface area contributed by atoms with Crippen molar-refractivity contribution in [3.05, 3.63) is 53.0 Å². The zero-order valence-electron chi connectivity index (χ0n) is 18.3. The SMILES string of the molecule is COCCN1C(=O)c2c3c(nn2CCC12CC2)CCN(C(=O)c1cc2ccccc2[nH]1)C3. The van der Waals surface area contributed by atoms with Gasteiger partial charge in [0.15, 0.2) is 0 Å². The van der Waals surface area contributed by atoms with Crippen LogP contribution in [0.5, 0.6) is 0 Å². The van der Waals surface area contributed by atoms with Crippen LogP contribution in [0.15, 0.2) is 30.3 Å². The first-order chi connectivity index (χ1) is 15.6. The van der Waals surface area contributed by atoms with Crippen LogP contribution in [0.4, 0.5) is 0 Å². The van der Waals surface area contributed by atoms with E-state index in [2.05, 4.69) is 4.98 Å². The quantitative estimate of drug-likeness (QED) is 0.686. The fraction of sp³-hybridized carbons (Fsp3) is 0.458. The van der Waals surface area contributed by atoms with Crippen LogP contribution >= 0.6 is 0 Å². The molecule has 6 rings (SSSR count). The fourth-order valence-corrected chi connectivity index (χ4v) is 5.34. The lowest BCUT2D eigenvalue weighted by atomic mass is 10.0. The van der Waals surface area contributed by atoms with Gasteiger partial charge in [0, 0.05) is 55.2 Å². The van der Waals surface area contributed by atoms with Gasteiger partial charge in [0.05, 0.1) is 18.8 Å². The first-order valence-electron chi connectivity index (χ1n) is 11.4. The number of carbonyl (C=O) groups is 2. The molecule has 1 spiro atoms. The number of nitrogens with one attached hydrogen (secondary N) is 1. The van der Waals surface area contributed by atoms with Gasteiger partial charge in [0.1, 0.15) is 11.4 Å². The van der Waals surface area contributed by atoms with Gasteiger partial charge in [-0.3, -0.25) is 14.3 Å². The van der Waals surface area contributed by atoms with Gasteiger partial charge >= 0.3 is 0 Å². The highest BCUT2D eigenvalue weighted by atomic mass is 16.5. The van der Waals surface area contributed by atoms with Gasteiger partial charge < -0.3 is 19.5 Å². The monoisotopic (exact) mass is 433 g/mol. The Bertz CT molecular complexity index is 1190. The number of benzene rings is 1. The first-order valence-corrected chi connectivity index (χ1v) is 11.4. The fourth-order valence-electron chi connectivity index (χ4n) is 5.34. The van der Waals surface area contributed by atoms with E-state index < -0.39 is 0 Å². The van der Waals surface area contributed by atoms with Gasteiger partial charge in [-0.2, -0.15) is 5.10 Å². The van der Waals surface area contributed by atoms with E-state index in [-0.39, 0.29) is 17.4 Å². The molecule has 166 valence electrons. The number of H-pyrrole nitrogens is 1. The van der Waals surface area contributed by atoms with Gasteiger partial charge in [-0.1, -0.05) is 18.2 Å². The molecule has 8 heteroatoms. The number of aromatic amines is 1. The minimum absolute atomic E-state index is 0.0331. The van der Waals surface area contributed by atoms with Gasteiger partial charge in [0.2, 0.25) is 0 Å². The van der Waals surface area contributed by atoms with E-state index in [1.165, 1.54) is 0 Å². The standard InChI is InChI=1S/C24H27N5O3/c1-32-13-12-28-23(31)21-17-15-27(22(30)20-14-16-4-2-3-5-18(16)25-20)10-6-19(17)26-29(21)11-9-24(28)7-8-24/h2-5,14,25H,6-13,15H2,1H3. The molecule has 1 aromatic carbocycles. The molecule has 2 amide bonds. The molecule has 8 nitrogen and oxygen atoms in total. The second-order valence-corrected chi connectivity index (χ2v) is 9.17. The minimum Gasteiger partial charge on any atom is -0.383 e. The van der Waals surface area contributed by atoms with E-state index in [0.717, 1.165) is 48.0 Å². The summed E-state index contributed by atoms with van der Waals surface area (Å²) in [6.07, 6.45) is 3.67. The Morgan fingerprint density at radius 2 is 2.06 bits per heavy atom. The predicted octanol–water partition coefficient (Wildman–Crippen LogP) is 2.59. The molecular weight excluding hydrogens is 406 g/mol. The number of fused-ring (bicyclic) bond motifs is 4. The number of ether oxygens (including phenoxy) is 1. The van der Waals surface area contributed by atoms with Crippen LogP contribution in [-0.4, -0.2) is 68.7 Å². The highest BCUT2D eigenvalue weighted by molar-refractivity contribution is 5.99. The maximum absolute atomic E-state index is 13.7. The van der Waals surface area contributed by atoms with Crippen molar-refractivity contribution in [2.45, 2.75) is 44.3 Å².